The number of hydrogen-bond donors (Lipinski definition) is 1. The lowest BCUT2D eigenvalue weighted by Gasteiger charge is -2.36. The molecule has 3 aliphatic rings. The van der Waals surface area contributed by atoms with Crippen molar-refractivity contribution in [2.75, 3.05) is 38.3 Å². The van der Waals surface area contributed by atoms with E-state index in [1.165, 1.54) is 0 Å². The maximum Gasteiger partial charge on any atom is 0.303 e. The highest BCUT2D eigenvalue weighted by Gasteiger charge is 2.34. The van der Waals surface area contributed by atoms with Crippen molar-refractivity contribution in [2.45, 2.75) is 58.3 Å². The largest absolute Gasteiger partial charge is 0.497 e. The first-order valence-electron chi connectivity index (χ1n) is 15.8. The van der Waals surface area contributed by atoms with Gasteiger partial charge in [-0.05, 0) is 91.3 Å². The third-order valence-electron chi connectivity index (χ3n) is 8.81. The summed E-state index contributed by atoms with van der Waals surface area (Å²) in [4.78, 5) is 41.7. The average molecular weight is 601 g/mol. The van der Waals surface area contributed by atoms with Crippen LogP contribution in [0.15, 0.2) is 66.4 Å². The maximum absolute atomic E-state index is 14.1. The van der Waals surface area contributed by atoms with E-state index in [-0.39, 0.29) is 36.4 Å². The molecule has 1 atom stereocenters. The van der Waals surface area contributed by atoms with Gasteiger partial charge in [0.05, 0.1) is 37.8 Å². The summed E-state index contributed by atoms with van der Waals surface area (Å²) >= 11 is 0. The number of nitrogens with zero attached hydrogens (tertiary/aromatic N) is 2. The Labute approximate surface area is 260 Å². The normalized spacial score (nSPS) is 17.8. The quantitative estimate of drug-likeness (QED) is 0.282. The van der Waals surface area contributed by atoms with E-state index in [0.717, 1.165) is 61.5 Å². The van der Waals surface area contributed by atoms with Gasteiger partial charge in [-0.2, -0.15) is 0 Å². The van der Waals surface area contributed by atoms with Gasteiger partial charge in [-0.3, -0.25) is 14.4 Å². The fraction of sp³-hybridized carbons (Fsp3) is 0.472. The monoisotopic (exact) mass is 600 g/mol. The summed E-state index contributed by atoms with van der Waals surface area (Å²) in [6, 6.07) is 13.6. The van der Waals surface area contributed by atoms with Gasteiger partial charge in [0.2, 0.25) is 0 Å². The first kappa shape index (κ1) is 31.4. The molecule has 234 valence electrons. The van der Waals surface area contributed by atoms with Gasteiger partial charge in [0.1, 0.15) is 11.5 Å². The maximum atomic E-state index is 14.1. The van der Waals surface area contributed by atoms with Crippen LogP contribution in [-0.4, -0.2) is 61.0 Å². The standard InChI is InChI=1S/C36H44N2O6/c1-24(2)22-38(28-7-5-8-29(39)19-28)36(42)32-13-12-30(43-3)20-34(32)37-16-14-25(15-17-37)23-44-31-9-4-6-27(18-31)33(21-35(40)41)26-10-11-26/h4-9,12-13,18,20,24-26,33H,10-11,14-17,19,21-23H2,1-3H3,(H,40,41). The zero-order valence-corrected chi connectivity index (χ0v) is 26.0. The molecule has 2 aromatic carbocycles. The van der Waals surface area contributed by atoms with Crippen LogP contribution >= 0.6 is 0 Å². The lowest BCUT2D eigenvalue weighted by molar-refractivity contribution is -0.137. The number of carboxylic acid groups (broad SMARTS) is 1. The van der Waals surface area contributed by atoms with Crippen molar-refractivity contribution in [3.05, 3.63) is 77.5 Å². The molecular formula is C36H44N2O6. The molecule has 1 heterocycles. The molecule has 5 rings (SSSR count). The Morgan fingerprint density at radius 3 is 2.48 bits per heavy atom. The van der Waals surface area contributed by atoms with Crippen molar-refractivity contribution >= 4 is 23.3 Å². The molecule has 1 amide bonds. The van der Waals surface area contributed by atoms with Crippen LogP contribution in [0.5, 0.6) is 11.5 Å². The molecule has 1 saturated heterocycles. The van der Waals surface area contributed by atoms with Gasteiger partial charge in [-0.25, -0.2) is 0 Å². The Morgan fingerprint density at radius 2 is 1.82 bits per heavy atom. The molecule has 8 nitrogen and oxygen atoms in total. The fourth-order valence-corrected chi connectivity index (χ4v) is 6.30. The van der Waals surface area contributed by atoms with Crippen LogP contribution in [0.1, 0.15) is 74.2 Å². The Kier molecular flexibility index (Phi) is 10.1. The topological polar surface area (TPSA) is 96.4 Å². The lowest BCUT2D eigenvalue weighted by Crippen LogP contribution is -2.39. The van der Waals surface area contributed by atoms with Crippen molar-refractivity contribution in [1.29, 1.82) is 0 Å². The number of ether oxygens (including phenoxy) is 2. The van der Waals surface area contributed by atoms with Gasteiger partial charge < -0.3 is 24.4 Å². The van der Waals surface area contributed by atoms with E-state index in [9.17, 15) is 19.5 Å². The predicted octanol–water partition coefficient (Wildman–Crippen LogP) is 6.47. The molecule has 2 aromatic rings. The van der Waals surface area contributed by atoms with Gasteiger partial charge in [0.25, 0.3) is 5.91 Å². The number of methoxy groups -OCH3 is 1. The first-order valence-corrected chi connectivity index (χ1v) is 15.8. The molecule has 1 aliphatic heterocycles. The predicted molar refractivity (Wildman–Crippen MR) is 170 cm³/mol. The van der Waals surface area contributed by atoms with Crippen molar-refractivity contribution in [3.63, 3.8) is 0 Å². The number of rotatable bonds is 13. The Bertz CT molecular complexity index is 1420. The Morgan fingerprint density at radius 1 is 1.05 bits per heavy atom. The van der Waals surface area contributed by atoms with Crippen molar-refractivity contribution in [3.8, 4) is 11.5 Å². The van der Waals surface area contributed by atoms with Gasteiger partial charge in [-0.15, -0.1) is 0 Å². The highest BCUT2D eigenvalue weighted by Crippen LogP contribution is 2.45. The van der Waals surface area contributed by atoms with Crippen molar-refractivity contribution < 1.29 is 29.0 Å². The number of benzene rings is 2. The summed E-state index contributed by atoms with van der Waals surface area (Å²) in [6.07, 6.45) is 9.52. The SMILES string of the molecule is COc1ccc(C(=O)N(CC(C)C)C2=CC=CC(=O)C2)c(N2CCC(COc3cccc(C(CC(=O)O)C4CC4)c3)CC2)c1. The third-order valence-corrected chi connectivity index (χ3v) is 8.81. The molecular weight excluding hydrogens is 556 g/mol. The van der Waals surface area contributed by atoms with Crippen LogP contribution in [0.25, 0.3) is 0 Å². The van der Waals surface area contributed by atoms with Crippen LogP contribution in [0.2, 0.25) is 0 Å². The van der Waals surface area contributed by atoms with Crippen LogP contribution in [0.4, 0.5) is 5.69 Å². The molecule has 8 heteroatoms. The minimum atomic E-state index is -0.758. The smallest absolute Gasteiger partial charge is 0.303 e. The number of piperidine rings is 1. The molecule has 44 heavy (non-hydrogen) atoms. The van der Waals surface area contributed by atoms with Crippen LogP contribution in [0, 0.1) is 17.8 Å². The van der Waals surface area contributed by atoms with Gasteiger partial charge in [0, 0.05) is 31.4 Å². The number of aliphatic carboxylic acids is 1. The lowest BCUT2D eigenvalue weighted by atomic mass is 9.91. The molecule has 1 unspecified atom stereocenters. The second kappa shape index (κ2) is 14.1. The minimum Gasteiger partial charge on any atom is -0.497 e. The van der Waals surface area contributed by atoms with E-state index in [4.69, 9.17) is 9.47 Å². The van der Waals surface area contributed by atoms with E-state index >= 15 is 0 Å². The molecule has 0 bridgehead atoms. The van der Waals surface area contributed by atoms with E-state index in [1.54, 1.807) is 24.2 Å². The van der Waals surface area contributed by atoms with Crippen molar-refractivity contribution in [2.24, 2.45) is 17.8 Å². The number of carbonyl (C=O) groups is 3. The number of anilines is 1. The molecule has 2 aliphatic carbocycles. The first-order chi connectivity index (χ1) is 21.2. The second-order valence-electron chi connectivity index (χ2n) is 12.7. The number of amides is 1. The molecule has 1 N–H and O–H groups in total. The zero-order chi connectivity index (χ0) is 31.2. The molecule has 0 aromatic heterocycles. The number of carboxylic acids is 1. The second-order valence-corrected chi connectivity index (χ2v) is 12.7. The molecule has 0 radical (unpaired) electrons. The van der Waals surface area contributed by atoms with E-state index in [1.807, 2.05) is 48.5 Å². The van der Waals surface area contributed by atoms with Crippen LogP contribution in [-0.2, 0) is 9.59 Å². The summed E-state index contributed by atoms with van der Waals surface area (Å²) in [5.41, 5.74) is 3.23. The molecule has 1 saturated carbocycles. The van der Waals surface area contributed by atoms with E-state index in [0.29, 0.717) is 36.3 Å². The van der Waals surface area contributed by atoms with E-state index < -0.39 is 5.97 Å². The number of allylic oxidation sites excluding steroid dienone is 4. The minimum absolute atomic E-state index is 0.00183. The van der Waals surface area contributed by atoms with Crippen LogP contribution < -0.4 is 14.4 Å². The van der Waals surface area contributed by atoms with Crippen molar-refractivity contribution in [1.82, 2.24) is 4.90 Å². The summed E-state index contributed by atoms with van der Waals surface area (Å²) in [7, 11) is 1.63. The number of hydrogen-bond acceptors (Lipinski definition) is 6. The van der Waals surface area contributed by atoms with Gasteiger partial charge in [0.15, 0.2) is 5.78 Å². The van der Waals surface area contributed by atoms with Gasteiger partial charge >= 0.3 is 5.97 Å². The fourth-order valence-electron chi connectivity index (χ4n) is 6.30. The highest BCUT2D eigenvalue weighted by molar-refractivity contribution is 6.02. The van der Waals surface area contributed by atoms with Crippen LogP contribution in [0.3, 0.4) is 0 Å². The Balaban J connectivity index is 1.25. The zero-order valence-electron chi connectivity index (χ0n) is 26.0. The molecule has 0 spiro atoms. The average Bonchev–Trinajstić information content (AvgIpc) is 3.87. The summed E-state index contributed by atoms with van der Waals surface area (Å²) in [5.74, 6) is 1.71. The molecule has 2 fully saturated rings. The summed E-state index contributed by atoms with van der Waals surface area (Å²) < 4.78 is 11.8. The third kappa shape index (κ3) is 7.90. The van der Waals surface area contributed by atoms with Gasteiger partial charge in [-0.1, -0.05) is 32.1 Å². The Hall–Kier alpha value is -4.07. The van der Waals surface area contributed by atoms with E-state index in [2.05, 4.69) is 18.7 Å². The summed E-state index contributed by atoms with van der Waals surface area (Å²) in [5, 5.41) is 9.40. The summed E-state index contributed by atoms with van der Waals surface area (Å²) in [6.45, 7) is 6.80. The number of carbonyl (C=O) groups excluding carboxylic acids is 2. The highest BCUT2D eigenvalue weighted by atomic mass is 16.5. The number of ketones is 1.